The molecule has 1 aliphatic heterocycles. The van der Waals surface area contributed by atoms with Crippen molar-refractivity contribution in [2.24, 2.45) is 0 Å². The first kappa shape index (κ1) is 19.9. The topological polar surface area (TPSA) is 68.1 Å². The third-order valence-electron chi connectivity index (χ3n) is 4.57. The van der Waals surface area contributed by atoms with Crippen molar-refractivity contribution in [1.29, 1.82) is 5.26 Å². The van der Waals surface area contributed by atoms with Crippen LogP contribution in [0.1, 0.15) is 18.2 Å². The van der Waals surface area contributed by atoms with E-state index in [1.54, 1.807) is 6.20 Å². The number of hydrogen-bond acceptors (Lipinski definition) is 6. The third-order valence-corrected chi connectivity index (χ3v) is 4.57. The second-order valence-electron chi connectivity index (χ2n) is 6.72. The van der Waals surface area contributed by atoms with E-state index >= 15 is 0 Å². The smallest absolute Gasteiger partial charge is 0.365 e. The molecule has 0 radical (unpaired) electrons. The predicted octanol–water partition coefficient (Wildman–Crippen LogP) is 2.99. The number of nitrogens with zero attached hydrogens (tertiary/aromatic N) is 5. The van der Waals surface area contributed by atoms with Gasteiger partial charge in [-0.1, -0.05) is 6.07 Å². The number of nitriles is 1. The molecule has 2 aromatic heterocycles. The standard InChI is InChI=1S/C19H21F3N6/c1-14(25-18-15(12-23)5-6-16(26-18)19(20,21)22)13-27-8-10-28(11-9-27)17-4-2-3-7-24-17/h2-7,14H,8-11,13H2,1H3,(H,25,26). The second kappa shape index (κ2) is 8.44. The Balaban J connectivity index is 1.58. The second-order valence-corrected chi connectivity index (χ2v) is 6.72. The van der Waals surface area contributed by atoms with Gasteiger partial charge in [0, 0.05) is 45.0 Å². The van der Waals surface area contributed by atoms with E-state index in [0.29, 0.717) is 6.54 Å². The maximum Gasteiger partial charge on any atom is 0.433 e. The van der Waals surface area contributed by atoms with Gasteiger partial charge in [-0.3, -0.25) is 4.90 Å². The van der Waals surface area contributed by atoms with Gasteiger partial charge in [0.25, 0.3) is 0 Å². The molecule has 1 unspecified atom stereocenters. The number of rotatable bonds is 5. The zero-order valence-electron chi connectivity index (χ0n) is 15.4. The van der Waals surface area contributed by atoms with Crippen molar-refractivity contribution >= 4 is 11.6 Å². The highest BCUT2D eigenvalue weighted by Gasteiger charge is 2.33. The number of anilines is 2. The molecule has 0 aliphatic carbocycles. The molecular formula is C19H21F3N6. The van der Waals surface area contributed by atoms with Crippen LogP contribution < -0.4 is 10.2 Å². The Labute approximate surface area is 161 Å². The van der Waals surface area contributed by atoms with Gasteiger partial charge in [0.1, 0.15) is 23.4 Å². The fraction of sp³-hybridized carbons (Fsp3) is 0.421. The minimum Gasteiger partial charge on any atom is -0.365 e. The minimum absolute atomic E-state index is 0.0306. The van der Waals surface area contributed by atoms with Crippen LogP contribution in [0.4, 0.5) is 24.8 Å². The summed E-state index contributed by atoms with van der Waals surface area (Å²) >= 11 is 0. The first-order valence-electron chi connectivity index (χ1n) is 9.00. The Morgan fingerprint density at radius 2 is 1.93 bits per heavy atom. The summed E-state index contributed by atoms with van der Waals surface area (Å²) in [6, 6.07) is 9.51. The van der Waals surface area contributed by atoms with Crippen molar-refractivity contribution < 1.29 is 13.2 Å². The van der Waals surface area contributed by atoms with E-state index in [9.17, 15) is 13.2 Å². The van der Waals surface area contributed by atoms with Gasteiger partial charge in [0.05, 0.1) is 5.56 Å². The van der Waals surface area contributed by atoms with Crippen molar-refractivity contribution in [3.05, 3.63) is 47.8 Å². The number of hydrogen-bond donors (Lipinski definition) is 1. The highest BCUT2D eigenvalue weighted by atomic mass is 19.4. The molecular weight excluding hydrogens is 369 g/mol. The number of piperazine rings is 1. The summed E-state index contributed by atoms with van der Waals surface area (Å²) in [5, 5.41) is 12.1. The molecule has 1 atom stereocenters. The van der Waals surface area contributed by atoms with E-state index < -0.39 is 11.9 Å². The molecule has 1 N–H and O–H groups in total. The van der Waals surface area contributed by atoms with Gasteiger partial charge in [-0.25, -0.2) is 9.97 Å². The highest BCUT2D eigenvalue weighted by Crippen LogP contribution is 2.29. The van der Waals surface area contributed by atoms with E-state index in [1.165, 1.54) is 0 Å². The van der Waals surface area contributed by atoms with Crippen molar-refractivity contribution in [2.75, 3.05) is 42.9 Å². The average molecular weight is 390 g/mol. The molecule has 1 aliphatic rings. The lowest BCUT2D eigenvalue weighted by molar-refractivity contribution is -0.141. The summed E-state index contributed by atoms with van der Waals surface area (Å²) in [5.41, 5.74) is -0.912. The Morgan fingerprint density at radius 1 is 1.18 bits per heavy atom. The Hall–Kier alpha value is -2.86. The molecule has 1 saturated heterocycles. The monoisotopic (exact) mass is 390 g/mol. The van der Waals surface area contributed by atoms with Gasteiger partial charge in [-0.05, 0) is 31.2 Å². The SMILES string of the molecule is CC(CN1CCN(c2ccccn2)CC1)Nc1nc(C(F)(F)F)ccc1C#N. The van der Waals surface area contributed by atoms with Gasteiger partial charge in [-0.15, -0.1) is 0 Å². The van der Waals surface area contributed by atoms with Crippen molar-refractivity contribution in [2.45, 2.75) is 19.1 Å². The quantitative estimate of drug-likeness (QED) is 0.847. The molecule has 1 fully saturated rings. The first-order valence-corrected chi connectivity index (χ1v) is 9.00. The maximum absolute atomic E-state index is 12.9. The average Bonchev–Trinajstić information content (AvgIpc) is 2.68. The molecule has 0 bridgehead atoms. The lowest BCUT2D eigenvalue weighted by atomic mass is 10.2. The Bertz CT molecular complexity index is 826. The highest BCUT2D eigenvalue weighted by molar-refractivity contribution is 5.53. The number of alkyl halides is 3. The summed E-state index contributed by atoms with van der Waals surface area (Å²) in [7, 11) is 0. The summed E-state index contributed by atoms with van der Waals surface area (Å²) in [6.45, 7) is 5.81. The van der Waals surface area contributed by atoms with Gasteiger partial charge < -0.3 is 10.2 Å². The van der Waals surface area contributed by atoms with Crippen LogP contribution in [0.25, 0.3) is 0 Å². The van der Waals surface area contributed by atoms with Crippen molar-refractivity contribution in [3.8, 4) is 6.07 Å². The Morgan fingerprint density at radius 3 is 2.54 bits per heavy atom. The molecule has 3 rings (SSSR count). The molecule has 0 amide bonds. The van der Waals surface area contributed by atoms with Crippen LogP contribution in [0.15, 0.2) is 36.5 Å². The van der Waals surface area contributed by atoms with Crippen LogP contribution >= 0.6 is 0 Å². The number of halogens is 3. The number of nitrogens with one attached hydrogen (secondary N) is 1. The zero-order valence-corrected chi connectivity index (χ0v) is 15.4. The normalized spacial score (nSPS) is 16.5. The molecule has 6 nitrogen and oxygen atoms in total. The van der Waals surface area contributed by atoms with Crippen LogP contribution in [0, 0.1) is 11.3 Å². The van der Waals surface area contributed by atoms with Gasteiger partial charge in [0.15, 0.2) is 0 Å². The van der Waals surface area contributed by atoms with Crippen molar-refractivity contribution in [3.63, 3.8) is 0 Å². The zero-order chi connectivity index (χ0) is 20.1. The van der Waals surface area contributed by atoms with Gasteiger partial charge in [-0.2, -0.15) is 18.4 Å². The van der Waals surface area contributed by atoms with Gasteiger partial charge >= 0.3 is 6.18 Å². The third kappa shape index (κ3) is 4.89. The van der Waals surface area contributed by atoms with Gasteiger partial charge in [0.2, 0.25) is 0 Å². The summed E-state index contributed by atoms with van der Waals surface area (Å²) in [6.07, 6.45) is -2.78. The first-order chi connectivity index (χ1) is 13.4. The molecule has 28 heavy (non-hydrogen) atoms. The fourth-order valence-corrected chi connectivity index (χ4v) is 3.18. The number of pyridine rings is 2. The van der Waals surface area contributed by atoms with E-state index in [-0.39, 0.29) is 17.4 Å². The summed E-state index contributed by atoms with van der Waals surface area (Å²) in [4.78, 5) is 12.4. The summed E-state index contributed by atoms with van der Waals surface area (Å²) < 4.78 is 38.7. The minimum atomic E-state index is -4.55. The van der Waals surface area contributed by atoms with E-state index in [1.807, 2.05) is 31.2 Å². The van der Waals surface area contributed by atoms with E-state index in [4.69, 9.17) is 5.26 Å². The predicted molar refractivity (Wildman–Crippen MR) is 99.9 cm³/mol. The molecule has 9 heteroatoms. The molecule has 0 aromatic carbocycles. The molecule has 3 heterocycles. The van der Waals surface area contributed by atoms with E-state index in [2.05, 4.69) is 25.1 Å². The Kier molecular flexibility index (Phi) is 5.99. The number of aromatic nitrogens is 2. The van der Waals surface area contributed by atoms with Crippen molar-refractivity contribution in [1.82, 2.24) is 14.9 Å². The summed E-state index contributed by atoms with van der Waals surface area (Å²) in [5.74, 6) is 0.914. The van der Waals surface area contributed by atoms with E-state index in [0.717, 1.165) is 44.1 Å². The fourth-order valence-electron chi connectivity index (χ4n) is 3.18. The largest absolute Gasteiger partial charge is 0.433 e. The maximum atomic E-state index is 12.9. The van der Waals surface area contributed by atoms with Crippen LogP contribution in [0.5, 0.6) is 0 Å². The molecule has 0 spiro atoms. The van der Waals surface area contributed by atoms with Crippen LogP contribution in [-0.2, 0) is 6.18 Å². The van der Waals surface area contributed by atoms with Crippen LogP contribution in [0.3, 0.4) is 0 Å². The molecule has 0 saturated carbocycles. The van der Waals surface area contributed by atoms with Crippen LogP contribution in [-0.4, -0.2) is 53.6 Å². The molecule has 148 valence electrons. The lowest BCUT2D eigenvalue weighted by Gasteiger charge is -2.36. The molecule has 2 aromatic rings. The lowest BCUT2D eigenvalue weighted by Crippen LogP contribution is -2.49. The van der Waals surface area contributed by atoms with Crippen LogP contribution in [0.2, 0.25) is 0 Å².